The Morgan fingerprint density at radius 3 is 2.67 bits per heavy atom. The van der Waals surface area contributed by atoms with Crippen molar-refractivity contribution in [1.29, 1.82) is 0 Å². The number of amidine groups is 1. The van der Waals surface area contributed by atoms with Crippen LogP contribution in [-0.4, -0.2) is 40.1 Å². The number of aliphatic imine (C=N–C) groups is 1. The van der Waals surface area contributed by atoms with Crippen molar-refractivity contribution in [3.8, 4) is 0 Å². The van der Waals surface area contributed by atoms with Gasteiger partial charge in [-0.3, -0.25) is 10.1 Å². The van der Waals surface area contributed by atoms with Gasteiger partial charge in [0, 0.05) is 6.54 Å². The van der Waals surface area contributed by atoms with Crippen molar-refractivity contribution in [3.63, 3.8) is 0 Å². The maximum Gasteiger partial charge on any atom is 0.158 e. The van der Waals surface area contributed by atoms with Crippen LogP contribution in [0.5, 0.6) is 0 Å². The zero-order chi connectivity index (χ0) is 10.7. The largest absolute Gasteiger partial charge is 0.387 e. The molecule has 0 saturated carbocycles. The molecule has 9 heteroatoms. The summed E-state index contributed by atoms with van der Waals surface area (Å²) < 4.78 is 0. The van der Waals surface area contributed by atoms with Gasteiger partial charge in [-0.15, -0.1) is 37.2 Å². The number of hydrogen-bond acceptors (Lipinski definition) is 4. The topological polar surface area (TPSA) is 92.0 Å². The van der Waals surface area contributed by atoms with Gasteiger partial charge in [0.2, 0.25) is 0 Å². The second-order valence-electron chi connectivity index (χ2n) is 3.78. The molecule has 1 atom stereocenters. The number of H-pyrrole nitrogens is 1. The van der Waals surface area contributed by atoms with Gasteiger partial charge in [0.1, 0.15) is 11.7 Å². The fourth-order valence-corrected chi connectivity index (χ4v) is 1.66. The number of aryl methyl sites for hydroxylation is 1. The molecule has 1 unspecified atom stereocenters. The Balaban J connectivity index is 0. The molecule has 6 nitrogen and oxygen atoms in total. The predicted octanol–water partition coefficient (Wildman–Crippen LogP) is 0.640. The molecule has 1 aliphatic heterocycles. The third-order valence-corrected chi connectivity index (χ3v) is 2.37. The standard InChI is InChI=1S/C9H16N6.3ClH/c1-6-12-9(15-14-6)4-8(10)13-7-2-3-11-5-7;;;/h7,11H,2-5H2,1H3,(H2,10,13)(H,12,14,15);3*1H. The molecule has 1 aliphatic rings. The molecule has 0 bridgehead atoms. The van der Waals surface area contributed by atoms with Gasteiger partial charge in [-0.25, -0.2) is 4.98 Å². The van der Waals surface area contributed by atoms with Crippen LogP contribution in [0.25, 0.3) is 0 Å². The van der Waals surface area contributed by atoms with Crippen LogP contribution < -0.4 is 11.1 Å². The Morgan fingerprint density at radius 1 is 1.44 bits per heavy atom. The predicted molar refractivity (Wildman–Crippen MR) is 79.5 cm³/mol. The second-order valence-corrected chi connectivity index (χ2v) is 3.78. The number of nitrogens with one attached hydrogen (secondary N) is 2. The number of hydrogen-bond donors (Lipinski definition) is 3. The molecular formula is C9H19Cl3N6. The number of aromatic amines is 1. The van der Waals surface area contributed by atoms with Crippen molar-refractivity contribution < 1.29 is 0 Å². The quantitative estimate of drug-likeness (QED) is 0.563. The number of halogens is 3. The van der Waals surface area contributed by atoms with Gasteiger partial charge in [-0.2, -0.15) is 5.10 Å². The second kappa shape index (κ2) is 9.38. The van der Waals surface area contributed by atoms with Crippen molar-refractivity contribution in [2.24, 2.45) is 10.7 Å². The van der Waals surface area contributed by atoms with Crippen LogP contribution in [0, 0.1) is 6.92 Å². The number of nitrogens with two attached hydrogens (primary N) is 1. The minimum atomic E-state index is 0. The average Bonchev–Trinajstić information content (AvgIpc) is 2.77. The van der Waals surface area contributed by atoms with E-state index in [0.717, 1.165) is 25.3 Å². The Bertz CT molecular complexity index is 361. The van der Waals surface area contributed by atoms with E-state index in [0.29, 0.717) is 24.1 Å². The molecule has 106 valence electrons. The molecule has 0 amide bonds. The first kappa shape index (κ1) is 19.8. The van der Waals surface area contributed by atoms with Gasteiger partial charge >= 0.3 is 0 Å². The van der Waals surface area contributed by atoms with Gasteiger partial charge in [0.15, 0.2) is 5.82 Å². The molecule has 2 rings (SSSR count). The third-order valence-electron chi connectivity index (χ3n) is 2.37. The molecule has 0 radical (unpaired) electrons. The Labute approximate surface area is 125 Å². The summed E-state index contributed by atoms with van der Waals surface area (Å²) in [5.41, 5.74) is 5.82. The van der Waals surface area contributed by atoms with Crippen molar-refractivity contribution in [1.82, 2.24) is 20.5 Å². The fourth-order valence-electron chi connectivity index (χ4n) is 1.66. The molecule has 4 N–H and O–H groups in total. The van der Waals surface area contributed by atoms with Crippen LogP contribution in [0.3, 0.4) is 0 Å². The maximum atomic E-state index is 5.82. The van der Waals surface area contributed by atoms with Gasteiger partial charge < -0.3 is 11.1 Å². The molecule has 1 fully saturated rings. The normalized spacial score (nSPS) is 18.5. The molecule has 1 aromatic rings. The highest BCUT2D eigenvalue weighted by atomic mass is 35.5. The summed E-state index contributed by atoms with van der Waals surface area (Å²) >= 11 is 0. The monoisotopic (exact) mass is 316 g/mol. The summed E-state index contributed by atoms with van der Waals surface area (Å²) in [4.78, 5) is 8.60. The SMILES string of the molecule is Cc1nc(CC(N)=NC2CCNC2)n[nH]1.Cl.Cl.Cl. The van der Waals surface area contributed by atoms with E-state index >= 15 is 0 Å². The first-order chi connectivity index (χ1) is 7.24. The average molecular weight is 318 g/mol. The van der Waals surface area contributed by atoms with E-state index in [9.17, 15) is 0 Å². The van der Waals surface area contributed by atoms with Gasteiger partial charge in [0.05, 0.1) is 12.5 Å². The smallest absolute Gasteiger partial charge is 0.158 e. The highest BCUT2D eigenvalue weighted by Gasteiger charge is 2.13. The summed E-state index contributed by atoms with van der Waals surface area (Å²) in [7, 11) is 0. The van der Waals surface area contributed by atoms with Crippen LogP contribution in [0.15, 0.2) is 4.99 Å². The minimum Gasteiger partial charge on any atom is -0.387 e. The summed E-state index contributed by atoms with van der Waals surface area (Å²) in [6.07, 6.45) is 1.59. The van der Waals surface area contributed by atoms with Gasteiger partial charge in [-0.1, -0.05) is 0 Å². The van der Waals surface area contributed by atoms with Crippen LogP contribution in [0.1, 0.15) is 18.1 Å². The van der Waals surface area contributed by atoms with Crippen LogP contribution in [-0.2, 0) is 6.42 Å². The number of rotatable bonds is 3. The van der Waals surface area contributed by atoms with Crippen molar-refractivity contribution in [3.05, 3.63) is 11.6 Å². The lowest BCUT2D eigenvalue weighted by Gasteiger charge is -2.03. The van der Waals surface area contributed by atoms with Gasteiger partial charge in [-0.05, 0) is 19.9 Å². The molecule has 0 aliphatic carbocycles. The van der Waals surface area contributed by atoms with Crippen molar-refractivity contribution in [2.75, 3.05) is 13.1 Å². The molecule has 0 spiro atoms. The lowest BCUT2D eigenvalue weighted by molar-refractivity contribution is 0.739. The Hall–Kier alpha value is -0.560. The van der Waals surface area contributed by atoms with Crippen LogP contribution in [0.4, 0.5) is 0 Å². The zero-order valence-electron chi connectivity index (χ0n) is 10.0. The van der Waals surface area contributed by atoms with Crippen LogP contribution in [0.2, 0.25) is 0 Å². The van der Waals surface area contributed by atoms with E-state index in [2.05, 4.69) is 25.5 Å². The molecule has 18 heavy (non-hydrogen) atoms. The highest BCUT2D eigenvalue weighted by Crippen LogP contribution is 2.03. The Morgan fingerprint density at radius 2 is 2.17 bits per heavy atom. The molecule has 0 aromatic carbocycles. The van der Waals surface area contributed by atoms with E-state index in [1.165, 1.54) is 0 Å². The summed E-state index contributed by atoms with van der Waals surface area (Å²) in [6, 6.07) is 0.324. The Kier molecular flexibility index (Phi) is 10.3. The number of aromatic nitrogens is 3. The van der Waals surface area contributed by atoms with Crippen molar-refractivity contribution in [2.45, 2.75) is 25.8 Å². The van der Waals surface area contributed by atoms with Crippen molar-refractivity contribution >= 4 is 43.1 Å². The molecule has 1 saturated heterocycles. The zero-order valence-corrected chi connectivity index (χ0v) is 12.5. The highest BCUT2D eigenvalue weighted by molar-refractivity contribution is 5.86. The van der Waals surface area contributed by atoms with E-state index in [4.69, 9.17) is 5.73 Å². The minimum absolute atomic E-state index is 0. The first-order valence-corrected chi connectivity index (χ1v) is 5.15. The lowest BCUT2D eigenvalue weighted by Crippen LogP contribution is -2.21. The lowest BCUT2D eigenvalue weighted by atomic mass is 10.2. The summed E-state index contributed by atoms with van der Waals surface area (Å²) in [6.45, 7) is 3.82. The first-order valence-electron chi connectivity index (χ1n) is 5.15. The van der Waals surface area contributed by atoms with E-state index in [1.807, 2.05) is 6.92 Å². The third kappa shape index (κ3) is 5.86. The fraction of sp³-hybridized carbons (Fsp3) is 0.667. The van der Waals surface area contributed by atoms with E-state index in [-0.39, 0.29) is 37.2 Å². The van der Waals surface area contributed by atoms with Crippen LogP contribution >= 0.6 is 37.2 Å². The van der Waals surface area contributed by atoms with Gasteiger partial charge in [0.25, 0.3) is 0 Å². The molecule has 2 heterocycles. The molecule has 1 aromatic heterocycles. The molecular weight excluding hydrogens is 298 g/mol. The van der Waals surface area contributed by atoms with E-state index in [1.54, 1.807) is 0 Å². The summed E-state index contributed by atoms with van der Waals surface area (Å²) in [5, 5.41) is 10.0. The summed E-state index contributed by atoms with van der Waals surface area (Å²) in [5.74, 6) is 2.13. The maximum absolute atomic E-state index is 5.82. The van der Waals surface area contributed by atoms with E-state index < -0.39 is 0 Å². The number of nitrogens with zero attached hydrogens (tertiary/aromatic N) is 3.